The highest BCUT2D eigenvalue weighted by Crippen LogP contribution is 2.33. The first kappa shape index (κ1) is 27.5. The monoisotopic (exact) mass is 559 g/mol. The van der Waals surface area contributed by atoms with Gasteiger partial charge in [0.15, 0.2) is 0 Å². The molecule has 5 aromatic rings. The normalized spacial score (nSPS) is 12.1. The summed E-state index contributed by atoms with van der Waals surface area (Å²) < 4.78 is 42.4. The average molecular weight is 560 g/mol. The molecule has 0 spiro atoms. The highest BCUT2D eigenvalue weighted by atomic mass is 19.4. The molecular formula is C29H24F3N7O2. The van der Waals surface area contributed by atoms with Gasteiger partial charge in [-0.2, -0.15) is 13.2 Å². The lowest BCUT2D eigenvalue weighted by Gasteiger charge is -2.14. The van der Waals surface area contributed by atoms with E-state index in [1.807, 2.05) is 13.0 Å². The smallest absolute Gasteiger partial charge is 0.387 e. The number of aliphatic hydroxyl groups excluding tert-OH is 1. The van der Waals surface area contributed by atoms with Crippen LogP contribution >= 0.6 is 0 Å². The summed E-state index contributed by atoms with van der Waals surface area (Å²) in [7, 11) is 0. The van der Waals surface area contributed by atoms with Crippen LogP contribution in [-0.2, 0) is 6.18 Å². The van der Waals surface area contributed by atoms with Crippen molar-refractivity contribution in [2.24, 2.45) is 0 Å². The highest BCUT2D eigenvalue weighted by Gasteiger charge is 2.31. The number of anilines is 3. The first-order valence-electron chi connectivity index (χ1n) is 12.4. The maximum absolute atomic E-state index is 13.7. The second kappa shape index (κ2) is 11.2. The number of amides is 1. The number of aromatic nitrogens is 5. The van der Waals surface area contributed by atoms with E-state index in [1.54, 1.807) is 48.9 Å². The van der Waals surface area contributed by atoms with Crippen molar-refractivity contribution in [3.63, 3.8) is 0 Å². The summed E-state index contributed by atoms with van der Waals surface area (Å²) in [4.78, 5) is 30.1. The SMILES string of the molecule is Cc1ccc(C(=O)Nc2cc(-n3cnc([C@H](C)O)c3)cc(C(F)(F)F)c2)cc1Nc1nccc(-c2cccnc2)n1. The number of imidazole rings is 1. The molecule has 208 valence electrons. The number of carbonyl (C=O) groups excluding carboxylic acids is 1. The molecule has 0 saturated carbocycles. The molecule has 2 aromatic carbocycles. The Balaban J connectivity index is 1.41. The molecule has 0 unspecified atom stereocenters. The van der Waals surface area contributed by atoms with Gasteiger partial charge in [-0.05, 0) is 67.9 Å². The van der Waals surface area contributed by atoms with Gasteiger partial charge in [-0.1, -0.05) is 6.07 Å². The van der Waals surface area contributed by atoms with Gasteiger partial charge in [-0.15, -0.1) is 0 Å². The van der Waals surface area contributed by atoms with Crippen molar-refractivity contribution in [1.29, 1.82) is 0 Å². The Bertz CT molecular complexity index is 1700. The number of hydrogen-bond acceptors (Lipinski definition) is 7. The summed E-state index contributed by atoms with van der Waals surface area (Å²) >= 11 is 0. The minimum Gasteiger partial charge on any atom is -0.387 e. The lowest BCUT2D eigenvalue weighted by atomic mass is 10.1. The zero-order valence-electron chi connectivity index (χ0n) is 21.9. The van der Waals surface area contributed by atoms with Gasteiger partial charge in [0.2, 0.25) is 5.95 Å². The van der Waals surface area contributed by atoms with E-state index in [4.69, 9.17) is 0 Å². The molecule has 0 aliphatic carbocycles. The number of nitrogens with one attached hydrogen (secondary N) is 2. The van der Waals surface area contributed by atoms with Crippen LogP contribution in [0.3, 0.4) is 0 Å². The Labute approximate surface area is 232 Å². The molecule has 9 nitrogen and oxygen atoms in total. The van der Waals surface area contributed by atoms with Crippen molar-refractivity contribution < 1.29 is 23.1 Å². The van der Waals surface area contributed by atoms with Crippen molar-refractivity contribution >= 4 is 23.2 Å². The predicted molar refractivity (Wildman–Crippen MR) is 147 cm³/mol. The number of pyridine rings is 1. The van der Waals surface area contributed by atoms with E-state index in [-0.39, 0.29) is 16.9 Å². The number of benzene rings is 2. The number of aryl methyl sites for hydroxylation is 1. The number of carbonyl (C=O) groups is 1. The van der Waals surface area contributed by atoms with E-state index < -0.39 is 23.8 Å². The Kier molecular flexibility index (Phi) is 7.49. The van der Waals surface area contributed by atoms with Gasteiger partial charge < -0.3 is 20.3 Å². The van der Waals surface area contributed by atoms with Crippen LogP contribution in [0.25, 0.3) is 16.9 Å². The Morgan fingerprint density at radius 1 is 1.05 bits per heavy atom. The number of halogens is 3. The number of nitrogens with zero attached hydrogens (tertiary/aromatic N) is 5. The third-order valence-electron chi connectivity index (χ3n) is 6.19. The molecule has 0 bridgehead atoms. The molecule has 3 N–H and O–H groups in total. The van der Waals surface area contributed by atoms with Gasteiger partial charge in [0.1, 0.15) is 0 Å². The first-order valence-corrected chi connectivity index (χ1v) is 12.4. The van der Waals surface area contributed by atoms with Crippen LogP contribution in [0, 0.1) is 6.92 Å². The molecule has 0 saturated heterocycles. The summed E-state index contributed by atoms with van der Waals surface area (Å²) in [6, 6.07) is 13.5. The number of alkyl halides is 3. The largest absolute Gasteiger partial charge is 0.416 e. The first-order chi connectivity index (χ1) is 19.6. The van der Waals surface area contributed by atoms with Crippen molar-refractivity contribution in [2.45, 2.75) is 26.1 Å². The van der Waals surface area contributed by atoms with E-state index in [0.717, 1.165) is 23.3 Å². The van der Waals surface area contributed by atoms with Crippen LogP contribution < -0.4 is 10.6 Å². The van der Waals surface area contributed by atoms with E-state index >= 15 is 0 Å². The fourth-order valence-corrected chi connectivity index (χ4v) is 4.01. The molecule has 1 atom stereocenters. The molecule has 0 aliphatic rings. The number of hydrogen-bond donors (Lipinski definition) is 3. The number of aliphatic hydroxyl groups is 1. The summed E-state index contributed by atoms with van der Waals surface area (Å²) in [6.07, 6.45) is 2.11. The molecule has 12 heteroatoms. The second-order valence-corrected chi connectivity index (χ2v) is 9.26. The summed E-state index contributed by atoms with van der Waals surface area (Å²) in [5, 5.41) is 15.4. The lowest BCUT2D eigenvalue weighted by Crippen LogP contribution is -2.14. The molecule has 1 amide bonds. The Hall–Kier alpha value is -5.10. The minimum absolute atomic E-state index is 0.0605. The molecule has 0 aliphatic heterocycles. The quantitative estimate of drug-likeness (QED) is 0.221. The van der Waals surface area contributed by atoms with Gasteiger partial charge in [0.05, 0.1) is 29.4 Å². The fraction of sp³-hybridized carbons (Fsp3) is 0.138. The second-order valence-electron chi connectivity index (χ2n) is 9.26. The lowest BCUT2D eigenvalue weighted by molar-refractivity contribution is -0.137. The molecule has 41 heavy (non-hydrogen) atoms. The van der Waals surface area contributed by atoms with Gasteiger partial charge in [-0.25, -0.2) is 15.0 Å². The van der Waals surface area contributed by atoms with Crippen LogP contribution in [0.5, 0.6) is 0 Å². The molecule has 0 fully saturated rings. The van der Waals surface area contributed by atoms with Gasteiger partial charge in [0, 0.05) is 53.0 Å². The van der Waals surface area contributed by atoms with Crippen LogP contribution in [0.2, 0.25) is 0 Å². The van der Waals surface area contributed by atoms with Crippen molar-refractivity contribution in [1.82, 2.24) is 24.5 Å². The highest BCUT2D eigenvalue weighted by molar-refractivity contribution is 6.05. The maximum Gasteiger partial charge on any atom is 0.416 e. The Morgan fingerprint density at radius 3 is 2.59 bits per heavy atom. The molecule has 3 aromatic heterocycles. The van der Waals surface area contributed by atoms with Crippen molar-refractivity contribution in [2.75, 3.05) is 10.6 Å². The van der Waals surface area contributed by atoms with Crippen LogP contribution in [-0.4, -0.2) is 35.5 Å². The van der Waals surface area contributed by atoms with E-state index in [2.05, 4.69) is 30.6 Å². The molecular weight excluding hydrogens is 535 g/mol. The topological polar surface area (TPSA) is 118 Å². The zero-order valence-corrected chi connectivity index (χ0v) is 21.9. The molecule has 0 radical (unpaired) electrons. The van der Waals surface area contributed by atoms with Crippen LogP contribution in [0.15, 0.2) is 85.7 Å². The number of rotatable bonds is 7. The predicted octanol–water partition coefficient (Wildman–Crippen LogP) is 6.10. The van der Waals surface area contributed by atoms with E-state index in [0.29, 0.717) is 23.0 Å². The van der Waals surface area contributed by atoms with Crippen LogP contribution in [0.4, 0.5) is 30.5 Å². The zero-order chi connectivity index (χ0) is 29.1. The van der Waals surface area contributed by atoms with Crippen LogP contribution in [0.1, 0.15) is 40.2 Å². The van der Waals surface area contributed by atoms with E-state index in [1.165, 1.54) is 30.1 Å². The third-order valence-corrected chi connectivity index (χ3v) is 6.19. The standard InChI is InChI=1S/C29H24F3N7O2/c1-17-5-6-19(10-25(17)38-28-34-9-7-24(37-28)20-4-3-8-33-14-20)27(41)36-22-11-21(29(30,31)32)12-23(13-22)39-15-26(18(2)40)35-16-39/h3-16,18,40H,1-2H3,(H,36,41)(H,34,37,38)/t18-/m0/s1. The van der Waals surface area contributed by atoms with Crippen molar-refractivity contribution in [3.05, 3.63) is 108 Å². The minimum atomic E-state index is -4.66. The summed E-state index contributed by atoms with van der Waals surface area (Å²) in [5.74, 6) is -0.315. The maximum atomic E-state index is 13.7. The van der Waals surface area contributed by atoms with E-state index in [9.17, 15) is 23.1 Å². The molecule has 5 rings (SSSR count). The molecule has 3 heterocycles. The average Bonchev–Trinajstić information content (AvgIpc) is 3.45. The fourth-order valence-electron chi connectivity index (χ4n) is 4.01. The van der Waals surface area contributed by atoms with Crippen molar-refractivity contribution in [3.8, 4) is 16.9 Å². The van der Waals surface area contributed by atoms with Gasteiger partial charge in [0.25, 0.3) is 5.91 Å². The summed E-state index contributed by atoms with van der Waals surface area (Å²) in [5.41, 5.74) is 2.42. The van der Waals surface area contributed by atoms with Gasteiger partial charge >= 0.3 is 6.18 Å². The summed E-state index contributed by atoms with van der Waals surface area (Å²) in [6.45, 7) is 3.33. The van der Waals surface area contributed by atoms with Gasteiger partial charge in [-0.3, -0.25) is 9.78 Å². The third kappa shape index (κ3) is 6.39. The Morgan fingerprint density at radius 2 is 1.88 bits per heavy atom.